The SMILES string of the molecule is CC(C)(C)c1cc(NC(=O)[C@@H]2CCCCN2C(=O)C2CCCCC2)no1. The largest absolute Gasteiger partial charge is 0.359 e. The van der Waals surface area contributed by atoms with Crippen LogP contribution >= 0.6 is 0 Å². The van der Waals surface area contributed by atoms with E-state index in [4.69, 9.17) is 4.52 Å². The number of carbonyl (C=O) groups is 2. The summed E-state index contributed by atoms with van der Waals surface area (Å²) in [5.74, 6) is 1.27. The van der Waals surface area contributed by atoms with Gasteiger partial charge in [-0.2, -0.15) is 0 Å². The minimum absolute atomic E-state index is 0.0942. The zero-order valence-corrected chi connectivity index (χ0v) is 16.2. The lowest BCUT2D eigenvalue weighted by Gasteiger charge is -2.37. The quantitative estimate of drug-likeness (QED) is 0.887. The van der Waals surface area contributed by atoms with E-state index in [9.17, 15) is 9.59 Å². The normalized spacial score (nSPS) is 22.3. The van der Waals surface area contributed by atoms with Crippen molar-refractivity contribution in [3.05, 3.63) is 11.8 Å². The van der Waals surface area contributed by atoms with E-state index in [1.807, 2.05) is 25.7 Å². The molecule has 2 aliphatic rings. The van der Waals surface area contributed by atoms with E-state index in [-0.39, 0.29) is 23.1 Å². The Labute approximate surface area is 155 Å². The lowest BCUT2D eigenvalue weighted by atomic mass is 9.87. The Morgan fingerprint density at radius 1 is 1.12 bits per heavy atom. The van der Waals surface area contributed by atoms with Crippen molar-refractivity contribution in [2.75, 3.05) is 11.9 Å². The fourth-order valence-electron chi connectivity index (χ4n) is 3.95. The molecule has 1 saturated heterocycles. The van der Waals surface area contributed by atoms with Crippen LogP contribution in [0.4, 0.5) is 5.82 Å². The van der Waals surface area contributed by atoms with Gasteiger partial charge in [-0.15, -0.1) is 0 Å². The summed E-state index contributed by atoms with van der Waals surface area (Å²) in [4.78, 5) is 27.6. The molecule has 2 heterocycles. The molecule has 1 saturated carbocycles. The Morgan fingerprint density at radius 3 is 2.46 bits per heavy atom. The van der Waals surface area contributed by atoms with Crippen LogP contribution in [0.1, 0.15) is 77.9 Å². The van der Waals surface area contributed by atoms with Crippen LogP contribution in [0.5, 0.6) is 0 Å². The fourth-order valence-corrected chi connectivity index (χ4v) is 3.95. The van der Waals surface area contributed by atoms with Crippen LogP contribution in [0.3, 0.4) is 0 Å². The molecule has 1 aromatic rings. The third-order valence-electron chi connectivity index (χ3n) is 5.54. The van der Waals surface area contributed by atoms with Gasteiger partial charge in [0.15, 0.2) is 5.82 Å². The first-order valence-electron chi connectivity index (χ1n) is 9.95. The number of rotatable bonds is 3. The Bertz CT molecular complexity index is 641. The third-order valence-corrected chi connectivity index (χ3v) is 5.54. The Morgan fingerprint density at radius 2 is 1.81 bits per heavy atom. The van der Waals surface area contributed by atoms with Crippen LogP contribution in [0.15, 0.2) is 10.6 Å². The van der Waals surface area contributed by atoms with E-state index in [0.717, 1.165) is 44.3 Å². The van der Waals surface area contributed by atoms with Gasteiger partial charge in [-0.25, -0.2) is 0 Å². The van der Waals surface area contributed by atoms with Gasteiger partial charge in [0, 0.05) is 23.9 Å². The predicted octanol–water partition coefficient (Wildman–Crippen LogP) is 3.87. The van der Waals surface area contributed by atoms with Crippen LogP contribution in [0, 0.1) is 5.92 Å². The zero-order valence-electron chi connectivity index (χ0n) is 16.2. The van der Waals surface area contributed by atoms with Crippen LogP contribution in [-0.4, -0.2) is 34.5 Å². The van der Waals surface area contributed by atoms with Gasteiger partial charge < -0.3 is 14.7 Å². The van der Waals surface area contributed by atoms with Crippen molar-refractivity contribution in [1.29, 1.82) is 0 Å². The highest BCUT2D eigenvalue weighted by Gasteiger charge is 2.36. The minimum atomic E-state index is -0.395. The van der Waals surface area contributed by atoms with E-state index in [1.165, 1.54) is 6.42 Å². The molecular formula is C20H31N3O3. The average molecular weight is 361 g/mol. The third kappa shape index (κ3) is 4.27. The van der Waals surface area contributed by atoms with Gasteiger partial charge in [0.1, 0.15) is 11.8 Å². The van der Waals surface area contributed by atoms with Gasteiger partial charge in [0.05, 0.1) is 0 Å². The van der Waals surface area contributed by atoms with Gasteiger partial charge in [-0.3, -0.25) is 9.59 Å². The van der Waals surface area contributed by atoms with Crippen molar-refractivity contribution in [2.24, 2.45) is 5.92 Å². The van der Waals surface area contributed by atoms with Gasteiger partial charge in [-0.05, 0) is 32.1 Å². The molecule has 1 aliphatic heterocycles. The Balaban J connectivity index is 1.67. The van der Waals surface area contributed by atoms with Crippen molar-refractivity contribution in [2.45, 2.75) is 83.6 Å². The first-order valence-corrected chi connectivity index (χ1v) is 9.95. The van der Waals surface area contributed by atoms with E-state index >= 15 is 0 Å². The second-order valence-electron chi connectivity index (χ2n) is 8.69. The molecular weight excluding hydrogens is 330 g/mol. The highest BCUT2D eigenvalue weighted by molar-refractivity contribution is 5.97. The molecule has 6 heteroatoms. The van der Waals surface area contributed by atoms with Gasteiger partial charge in [0.2, 0.25) is 11.8 Å². The number of carbonyl (C=O) groups excluding carboxylic acids is 2. The van der Waals surface area contributed by atoms with Crippen molar-refractivity contribution >= 4 is 17.6 Å². The number of nitrogens with zero attached hydrogens (tertiary/aromatic N) is 2. The smallest absolute Gasteiger partial charge is 0.248 e. The molecule has 26 heavy (non-hydrogen) atoms. The predicted molar refractivity (Wildman–Crippen MR) is 99.8 cm³/mol. The molecule has 0 bridgehead atoms. The summed E-state index contributed by atoms with van der Waals surface area (Å²) in [6, 6.07) is 1.38. The lowest BCUT2D eigenvalue weighted by molar-refractivity contribution is -0.144. The van der Waals surface area contributed by atoms with Crippen LogP contribution in [-0.2, 0) is 15.0 Å². The molecule has 144 valence electrons. The lowest BCUT2D eigenvalue weighted by Crippen LogP contribution is -2.52. The molecule has 1 aromatic heterocycles. The van der Waals surface area contributed by atoms with Crippen LogP contribution in [0.25, 0.3) is 0 Å². The highest BCUT2D eigenvalue weighted by Crippen LogP contribution is 2.29. The second-order valence-corrected chi connectivity index (χ2v) is 8.69. The number of piperidine rings is 1. The van der Waals surface area contributed by atoms with E-state index in [2.05, 4.69) is 10.5 Å². The fraction of sp³-hybridized carbons (Fsp3) is 0.750. The Hall–Kier alpha value is -1.85. The number of amides is 2. The number of aromatic nitrogens is 1. The molecule has 0 aromatic carbocycles. The first-order chi connectivity index (χ1) is 12.4. The molecule has 0 unspecified atom stereocenters. The summed E-state index contributed by atoms with van der Waals surface area (Å²) >= 11 is 0. The number of anilines is 1. The van der Waals surface area contributed by atoms with Crippen molar-refractivity contribution in [3.8, 4) is 0 Å². The summed E-state index contributed by atoms with van der Waals surface area (Å²) < 4.78 is 5.34. The maximum Gasteiger partial charge on any atom is 0.248 e. The number of hydrogen-bond donors (Lipinski definition) is 1. The maximum absolute atomic E-state index is 13.0. The van der Waals surface area contributed by atoms with E-state index < -0.39 is 6.04 Å². The molecule has 1 atom stereocenters. The molecule has 2 amide bonds. The van der Waals surface area contributed by atoms with Gasteiger partial charge >= 0.3 is 0 Å². The summed E-state index contributed by atoms with van der Waals surface area (Å²) in [5, 5.41) is 6.82. The van der Waals surface area contributed by atoms with Crippen molar-refractivity contribution in [1.82, 2.24) is 10.1 Å². The van der Waals surface area contributed by atoms with Crippen molar-refractivity contribution < 1.29 is 14.1 Å². The molecule has 1 aliphatic carbocycles. The zero-order chi connectivity index (χ0) is 18.7. The number of likely N-dealkylation sites (tertiary alicyclic amines) is 1. The van der Waals surface area contributed by atoms with Crippen LogP contribution < -0.4 is 5.32 Å². The molecule has 6 nitrogen and oxygen atoms in total. The molecule has 2 fully saturated rings. The summed E-state index contributed by atoms with van der Waals surface area (Å²) in [7, 11) is 0. The van der Waals surface area contributed by atoms with Gasteiger partial charge in [-0.1, -0.05) is 45.2 Å². The molecule has 1 N–H and O–H groups in total. The molecule has 0 radical (unpaired) electrons. The minimum Gasteiger partial charge on any atom is -0.359 e. The van der Waals surface area contributed by atoms with E-state index in [1.54, 1.807) is 6.07 Å². The first kappa shape index (κ1) is 18.9. The second kappa shape index (κ2) is 7.80. The summed E-state index contributed by atoms with van der Waals surface area (Å²) in [5.41, 5.74) is -0.163. The topological polar surface area (TPSA) is 75.4 Å². The Kier molecular flexibility index (Phi) is 5.68. The number of nitrogens with one attached hydrogen (secondary N) is 1. The molecule has 0 spiro atoms. The van der Waals surface area contributed by atoms with Crippen molar-refractivity contribution in [3.63, 3.8) is 0 Å². The number of hydrogen-bond acceptors (Lipinski definition) is 4. The van der Waals surface area contributed by atoms with E-state index in [0.29, 0.717) is 18.8 Å². The van der Waals surface area contributed by atoms with Crippen LogP contribution in [0.2, 0.25) is 0 Å². The monoisotopic (exact) mass is 361 g/mol. The highest BCUT2D eigenvalue weighted by atomic mass is 16.5. The van der Waals surface area contributed by atoms with Gasteiger partial charge in [0.25, 0.3) is 0 Å². The summed E-state index contributed by atoms with van der Waals surface area (Å²) in [6.07, 6.45) is 8.04. The maximum atomic E-state index is 13.0. The molecule has 3 rings (SSSR count). The average Bonchev–Trinajstić information content (AvgIpc) is 3.11. The standard InChI is InChI=1S/C20H31N3O3/c1-20(2,3)16-13-17(22-26-16)21-18(24)15-11-7-8-12-23(15)19(25)14-9-5-4-6-10-14/h13-15H,4-12H2,1-3H3,(H,21,22,24)/t15-/m0/s1. The summed E-state index contributed by atoms with van der Waals surface area (Å²) in [6.45, 7) is 6.78.